The van der Waals surface area contributed by atoms with Crippen molar-refractivity contribution in [2.75, 3.05) is 25.5 Å². The summed E-state index contributed by atoms with van der Waals surface area (Å²) in [6, 6.07) is 8.69. The van der Waals surface area contributed by atoms with E-state index >= 15 is 0 Å². The van der Waals surface area contributed by atoms with Gasteiger partial charge in [-0.3, -0.25) is 4.79 Å². The Morgan fingerprint density at radius 2 is 1.95 bits per heavy atom. The molecular weight excluding hydrogens is 272 g/mol. The van der Waals surface area contributed by atoms with Gasteiger partial charge in [0.2, 0.25) is 5.91 Å². The Labute approximate surface area is 134 Å². The van der Waals surface area contributed by atoms with Crippen LogP contribution in [0.15, 0.2) is 24.3 Å². The zero-order valence-corrected chi connectivity index (χ0v) is 13.8. The molecule has 3 nitrogen and oxygen atoms in total. The minimum atomic E-state index is 0.315. The van der Waals surface area contributed by atoms with Gasteiger partial charge in [0.1, 0.15) is 0 Å². The summed E-state index contributed by atoms with van der Waals surface area (Å²) < 4.78 is 0. The zero-order chi connectivity index (χ0) is 15.5. The van der Waals surface area contributed by atoms with E-state index in [1.165, 1.54) is 30.5 Å². The second kappa shape index (κ2) is 6.72. The molecule has 1 aromatic rings. The molecule has 0 heterocycles. The second-order valence-corrected chi connectivity index (χ2v) is 7.24. The molecule has 3 atom stereocenters. The topological polar surface area (TPSA) is 32.3 Å². The molecule has 2 saturated carbocycles. The van der Waals surface area contributed by atoms with E-state index in [9.17, 15) is 4.79 Å². The van der Waals surface area contributed by atoms with Gasteiger partial charge >= 0.3 is 0 Å². The Kier molecular flexibility index (Phi) is 4.70. The fraction of sp³-hybridized carbons (Fsp3) is 0.632. The molecule has 120 valence electrons. The molecule has 2 aliphatic rings. The summed E-state index contributed by atoms with van der Waals surface area (Å²) in [4.78, 5) is 14.4. The van der Waals surface area contributed by atoms with E-state index in [1.54, 1.807) is 0 Å². The lowest BCUT2D eigenvalue weighted by Crippen LogP contribution is -2.34. The summed E-state index contributed by atoms with van der Waals surface area (Å²) in [5.74, 6) is 2.16. The van der Waals surface area contributed by atoms with Gasteiger partial charge in [0, 0.05) is 32.2 Å². The molecule has 1 aromatic carbocycles. The molecule has 0 spiro atoms. The van der Waals surface area contributed by atoms with E-state index in [4.69, 9.17) is 0 Å². The average Bonchev–Trinajstić information content (AvgIpc) is 3.14. The number of anilines is 1. The second-order valence-electron chi connectivity index (χ2n) is 7.24. The Morgan fingerprint density at radius 3 is 2.55 bits per heavy atom. The Balaban J connectivity index is 1.37. The van der Waals surface area contributed by atoms with Crippen molar-refractivity contribution in [1.29, 1.82) is 0 Å². The molecule has 0 aromatic heterocycles. The SMILES string of the molecule is CN(C)c1ccc(CCCNC(=O)C2CC3CCC2C3)cc1. The summed E-state index contributed by atoms with van der Waals surface area (Å²) in [5, 5.41) is 3.16. The van der Waals surface area contributed by atoms with Gasteiger partial charge in [-0.05, 0) is 61.6 Å². The fourth-order valence-corrected chi connectivity index (χ4v) is 4.16. The molecule has 0 aliphatic heterocycles. The summed E-state index contributed by atoms with van der Waals surface area (Å²) in [6.45, 7) is 0.808. The first-order valence-electron chi connectivity index (χ1n) is 8.67. The molecule has 1 N–H and O–H groups in total. The highest BCUT2D eigenvalue weighted by Crippen LogP contribution is 2.48. The van der Waals surface area contributed by atoms with Crippen LogP contribution in [0.1, 0.15) is 37.7 Å². The molecule has 3 heteroatoms. The number of carbonyl (C=O) groups excluding carboxylic acids is 1. The van der Waals surface area contributed by atoms with Gasteiger partial charge in [-0.1, -0.05) is 18.6 Å². The lowest BCUT2D eigenvalue weighted by atomic mass is 9.88. The minimum Gasteiger partial charge on any atom is -0.378 e. The highest BCUT2D eigenvalue weighted by molar-refractivity contribution is 5.79. The predicted octanol–water partition coefficient (Wildman–Crippen LogP) is 3.24. The number of nitrogens with one attached hydrogen (secondary N) is 1. The van der Waals surface area contributed by atoms with E-state index in [1.807, 2.05) is 0 Å². The number of rotatable bonds is 6. The van der Waals surface area contributed by atoms with Gasteiger partial charge in [-0.2, -0.15) is 0 Å². The van der Waals surface area contributed by atoms with Gasteiger partial charge in [0.25, 0.3) is 0 Å². The Hall–Kier alpha value is -1.51. The first-order valence-corrected chi connectivity index (χ1v) is 8.67. The summed E-state index contributed by atoms with van der Waals surface area (Å²) in [7, 11) is 4.11. The molecule has 0 radical (unpaired) electrons. The standard InChI is InChI=1S/C19H28N2O/c1-21(2)17-9-6-14(7-10-17)4-3-11-20-19(22)18-13-15-5-8-16(18)12-15/h6-7,9-10,15-16,18H,3-5,8,11-13H2,1-2H3,(H,20,22). The van der Waals surface area contributed by atoms with Crippen LogP contribution in [0.25, 0.3) is 0 Å². The Morgan fingerprint density at radius 1 is 1.18 bits per heavy atom. The number of nitrogens with zero attached hydrogens (tertiary/aromatic N) is 1. The Bertz CT molecular complexity index is 509. The fourth-order valence-electron chi connectivity index (χ4n) is 4.16. The van der Waals surface area contributed by atoms with E-state index in [2.05, 4.69) is 48.6 Å². The third kappa shape index (κ3) is 3.45. The lowest BCUT2D eigenvalue weighted by Gasteiger charge is -2.20. The number of aryl methyl sites for hydroxylation is 1. The lowest BCUT2D eigenvalue weighted by molar-refractivity contribution is -0.126. The number of hydrogen-bond acceptors (Lipinski definition) is 2. The third-order valence-corrected chi connectivity index (χ3v) is 5.47. The number of amides is 1. The largest absolute Gasteiger partial charge is 0.378 e. The predicted molar refractivity (Wildman–Crippen MR) is 91.0 cm³/mol. The maximum absolute atomic E-state index is 12.2. The smallest absolute Gasteiger partial charge is 0.223 e. The van der Waals surface area contributed by atoms with Gasteiger partial charge in [0.05, 0.1) is 0 Å². The maximum Gasteiger partial charge on any atom is 0.223 e. The van der Waals surface area contributed by atoms with Crippen LogP contribution >= 0.6 is 0 Å². The van der Waals surface area contributed by atoms with Crippen LogP contribution in [0.4, 0.5) is 5.69 Å². The molecule has 3 rings (SSSR count). The van der Waals surface area contributed by atoms with Crippen molar-refractivity contribution in [3.05, 3.63) is 29.8 Å². The maximum atomic E-state index is 12.2. The van der Waals surface area contributed by atoms with Crippen LogP contribution < -0.4 is 10.2 Å². The van der Waals surface area contributed by atoms with Crippen LogP contribution in [0, 0.1) is 17.8 Å². The molecule has 0 saturated heterocycles. The van der Waals surface area contributed by atoms with Crippen molar-refractivity contribution in [3.63, 3.8) is 0 Å². The highest BCUT2D eigenvalue weighted by atomic mass is 16.1. The molecular formula is C19H28N2O. The third-order valence-electron chi connectivity index (χ3n) is 5.47. The monoisotopic (exact) mass is 300 g/mol. The van der Waals surface area contributed by atoms with E-state index in [-0.39, 0.29) is 0 Å². The van der Waals surface area contributed by atoms with Gasteiger partial charge in [-0.25, -0.2) is 0 Å². The van der Waals surface area contributed by atoms with Gasteiger partial charge in [-0.15, -0.1) is 0 Å². The van der Waals surface area contributed by atoms with Crippen molar-refractivity contribution in [2.45, 2.75) is 38.5 Å². The number of carbonyl (C=O) groups is 1. The van der Waals surface area contributed by atoms with Gasteiger partial charge in [0.15, 0.2) is 0 Å². The molecule has 1 amide bonds. The van der Waals surface area contributed by atoms with Crippen molar-refractivity contribution < 1.29 is 4.79 Å². The van der Waals surface area contributed by atoms with Crippen LogP contribution in [-0.4, -0.2) is 26.5 Å². The van der Waals surface area contributed by atoms with E-state index < -0.39 is 0 Å². The van der Waals surface area contributed by atoms with E-state index in [0.717, 1.165) is 31.7 Å². The number of benzene rings is 1. The quantitative estimate of drug-likeness (QED) is 0.818. The zero-order valence-electron chi connectivity index (χ0n) is 13.8. The minimum absolute atomic E-state index is 0.315. The normalized spacial score (nSPS) is 26.2. The summed E-state index contributed by atoms with van der Waals surface area (Å²) in [6.07, 6.45) is 7.13. The molecule has 2 aliphatic carbocycles. The number of hydrogen-bond donors (Lipinski definition) is 1. The molecule has 22 heavy (non-hydrogen) atoms. The molecule has 2 fully saturated rings. The number of fused-ring (bicyclic) bond motifs is 2. The van der Waals surface area contributed by atoms with Crippen LogP contribution in [0.2, 0.25) is 0 Å². The van der Waals surface area contributed by atoms with Crippen molar-refractivity contribution in [1.82, 2.24) is 5.32 Å². The van der Waals surface area contributed by atoms with Gasteiger partial charge < -0.3 is 10.2 Å². The average molecular weight is 300 g/mol. The molecule has 3 unspecified atom stereocenters. The van der Waals surface area contributed by atoms with Crippen LogP contribution in [0.3, 0.4) is 0 Å². The van der Waals surface area contributed by atoms with Crippen LogP contribution in [0.5, 0.6) is 0 Å². The first-order chi connectivity index (χ1) is 10.6. The van der Waals surface area contributed by atoms with Crippen molar-refractivity contribution in [3.8, 4) is 0 Å². The molecule has 2 bridgehead atoms. The highest BCUT2D eigenvalue weighted by Gasteiger charge is 2.42. The van der Waals surface area contributed by atoms with Crippen LogP contribution in [-0.2, 0) is 11.2 Å². The summed E-state index contributed by atoms with van der Waals surface area (Å²) >= 11 is 0. The van der Waals surface area contributed by atoms with E-state index in [0.29, 0.717) is 17.7 Å². The summed E-state index contributed by atoms with van der Waals surface area (Å²) in [5.41, 5.74) is 2.58. The first kappa shape index (κ1) is 15.4. The van der Waals surface area contributed by atoms with Crippen molar-refractivity contribution >= 4 is 11.6 Å². The van der Waals surface area contributed by atoms with Crippen molar-refractivity contribution in [2.24, 2.45) is 17.8 Å².